The van der Waals surface area contributed by atoms with Crippen LogP contribution in [0.4, 0.5) is 0 Å². The van der Waals surface area contributed by atoms with E-state index in [2.05, 4.69) is 26.1 Å². The average molecular weight is 910 g/mol. The number of hydrogen-bond donors (Lipinski definition) is 2. The summed E-state index contributed by atoms with van der Waals surface area (Å²) in [4.78, 5) is 53.0. The fourth-order valence-corrected chi connectivity index (χ4v) is 8.16. The van der Waals surface area contributed by atoms with Crippen molar-refractivity contribution in [1.29, 1.82) is 0 Å². The minimum absolute atomic E-state index is 0.161. The minimum atomic E-state index is -1.38. The zero-order chi connectivity index (χ0) is 47.3. The Morgan fingerprint density at radius 2 is 0.641 bits per heavy atom. The van der Waals surface area contributed by atoms with E-state index < -0.39 is 5.54 Å². The lowest BCUT2D eigenvalue weighted by molar-refractivity contribution is -0.909. The molecule has 0 unspecified atom stereocenters. The maximum absolute atomic E-state index is 13.6. The SMILES string of the molecule is CCCCCCCCCCCC(=O)OCC(COC(=O)CCCCCCCCCCC)(COC(=O)CCCCCCCCCCC)NC(=O)CCCCCCCCCC[N+](C)(C)CO. The van der Waals surface area contributed by atoms with E-state index in [1.165, 1.54) is 122 Å². The van der Waals surface area contributed by atoms with Gasteiger partial charge in [0.05, 0.1) is 20.6 Å². The van der Waals surface area contributed by atoms with Crippen molar-refractivity contribution < 1.29 is 43.0 Å². The molecule has 0 heterocycles. The number of aliphatic hydroxyl groups excluding tert-OH is 1. The Morgan fingerprint density at radius 1 is 0.391 bits per heavy atom. The molecule has 2 N–H and O–H groups in total. The zero-order valence-electron chi connectivity index (χ0n) is 42.9. The Labute approximate surface area is 394 Å². The molecule has 10 heteroatoms. The predicted octanol–water partition coefficient (Wildman–Crippen LogP) is 13.8. The molecule has 0 aromatic carbocycles. The molecule has 0 aliphatic carbocycles. The van der Waals surface area contributed by atoms with Gasteiger partial charge in [0.15, 0.2) is 6.73 Å². The summed E-state index contributed by atoms with van der Waals surface area (Å²) in [6, 6.07) is 0. The summed E-state index contributed by atoms with van der Waals surface area (Å²) in [7, 11) is 4.09. The molecular formula is C54H105N2O8+. The number of carbonyl (C=O) groups excluding carboxylic acids is 4. The molecular weight excluding hydrogens is 805 g/mol. The molecule has 10 nitrogen and oxygen atoms in total. The highest BCUT2D eigenvalue weighted by Gasteiger charge is 2.37. The van der Waals surface area contributed by atoms with Crippen molar-refractivity contribution in [2.24, 2.45) is 0 Å². The average Bonchev–Trinajstić information content (AvgIpc) is 3.28. The Balaban J connectivity index is 5.49. The fourth-order valence-electron chi connectivity index (χ4n) is 8.16. The molecule has 0 aromatic heterocycles. The highest BCUT2D eigenvalue weighted by molar-refractivity contribution is 5.77. The molecule has 0 atom stereocenters. The number of rotatable bonds is 49. The molecule has 0 saturated heterocycles. The Bertz CT molecular complexity index is 1010. The smallest absolute Gasteiger partial charge is 0.305 e. The third kappa shape index (κ3) is 41.2. The van der Waals surface area contributed by atoms with E-state index in [9.17, 15) is 24.3 Å². The van der Waals surface area contributed by atoms with E-state index in [1.54, 1.807) is 0 Å². The van der Waals surface area contributed by atoms with Crippen LogP contribution >= 0.6 is 0 Å². The number of quaternary nitrogens is 1. The molecule has 0 radical (unpaired) electrons. The van der Waals surface area contributed by atoms with E-state index in [1.807, 2.05) is 14.1 Å². The number of nitrogens with one attached hydrogen (secondary N) is 1. The van der Waals surface area contributed by atoms with Crippen LogP contribution in [-0.2, 0) is 33.4 Å². The van der Waals surface area contributed by atoms with Gasteiger partial charge in [0.1, 0.15) is 25.4 Å². The topological polar surface area (TPSA) is 128 Å². The summed E-state index contributed by atoms with van der Waals surface area (Å²) in [5.74, 6) is -1.32. The van der Waals surface area contributed by atoms with Crippen LogP contribution in [-0.4, -0.2) is 86.1 Å². The van der Waals surface area contributed by atoms with Gasteiger partial charge in [-0.15, -0.1) is 0 Å². The molecule has 378 valence electrons. The number of carbonyl (C=O) groups is 4. The van der Waals surface area contributed by atoms with Crippen LogP contribution in [0.25, 0.3) is 0 Å². The number of unbranched alkanes of at least 4 members (excludes halogenated alkanes) is 31. The van der Waals surface area contributed by atoms with Crippen molar-refractivity contribution in [2.75, 3.05) is 47.2 Å². The van der Waals surface area contributed by atoms with Crippen LogP contribution < -0.4 is 5.32 Å². The van der Waals surface area contributed by atoms with E-state index in [0.717, 1.165) is 103 Å². The fraction of sp³-hybridized carbons (Fsp3) is 0.926. The van der Waals surface area contributed by atoms with E-state index in [0.29, 0.717) is 10.9 Å². The van der Waals surface area contributed by atoms with E-state index in [-0.39, 0.29) is 76.0 Å². The maximum Gasteiger partial charge on any atom is 0.305 e. The van der Waals surface area contributed by atoms with Crippen molar-refractivity contribution in [1.82, 2.24) is 5.32 Å². The normalized spacial score (nSPS) is 11.8. The molecule has 0 aromatic rings. The van der Waals surface area contributed by atoms with Gasteiger partial charge >= 0.3 is 17.9 Å². The summed E-state index contributed by atoms with van der Waals surface area (Å²) in [6.07, 6.45) is 40.3. The van der Waals surface area contributed by atoms with Crippen molar-refractivity contribution in [3.63, 3.8) is 0 Å². The number of esters is 3. The quantitative estimate of drug-likeness (QED) is 0.0203. The van der Waals surface area contributed by atoms with Gasteiger partial charge in [0.2, 0.25) is 5.91 Å². The molecule has 0 rings (SSSR count). The highest BCUT2D eigenvalue weighted by Crippen LogP contribution is 2.18. The molecule has 0 aliphatic heterocycles. The van der Waals surface area contributed by atoms with Gasteiger partial charge in [-0.25, -0.2) is 0 Å². The van der Waals surface area contributed by atoms with Gasteiger partial charge < -0.3 is 29.1 Å². The molecule has 0 saturated carbocycles. The highest BCUT2D eigenvalue weighted by atomic mass is 16.6. The minimum Gasteiger partial charge on any atom is -0.463 e. The number of ether oxygens (including phenoxy) is 3. The lowest BCUT2D eigenvalue weighted by Gasteiger charge is -2.33. The molecule has 0 aliphatic rings. The van der Waals surface area contributed by atoms with E-state index in [4.69, 9.17) is 14.2 Å². The van der Waals surface area contributed by atoms with E-state index >= 15 is 0 Å². The van der Waals surface area contributed by atoms with Crippen LogP contribution in [0.5, 0.6) is 0 Å². The van der Waals surface area contributed by atoms with Crippen molar-refractivity contribution in [2.45, 2.75) is 277 Å². The van der Waals surface area contributed by atoms with Crippen molar-refractivity contribution in [3.8, 4) is 0 Å². The van der Waals surface area contributed by atoms with Gasteiger partial charge in [0, 0.05) is 25.7 Å². The lowest BCUT2D eigenvalue weighted by atomic mass is 10.0. The van der Waals surface area contributed by atoms with Crippen LogP contribution in [0.3, 0.4) is 0 Å². The second kappa shape index (κ2) is 44.6. The molecule has 1 amide bonds. The first kappa shape index (κ1) is 61.8. The van der Waals surface area contributed by atoms with Crippen LogP contribution in [0.2, 0.25) is 0 Å². The predicted molar refractivity (Wildman–Crippen MR) is 265 cm³/mol. The Hall–Kier alpha value is -2.20. The van der Waals surface area contributed by atoms with Gasteiger partial charge in [-0.05, 0) is 38.5 Å². The van der Waals surface area contributed by atoms with Gasteiger partial charge in [-0.1, -0.05) is 207 Å². The second-order valence-corrected chi connectivity index (χ2v) is 19.9. The number of amides is 1. The largest absolute Gasteiger partial charge is 0.463 e. The van der Waals surface area contributed by atoms with Crippen LogP contribution in [0.1, 0.15) is 271 Å². The van der Waals surface area contributed by atoms with Crippen LogP contribution in [0, 0.1) is 0 Å². The summed E-state index contributed by atoms with van der Waals surface area (Å²) < 4.78 is 18.2. The third-order valence-corrected chi connectivity index (χ3v) is 12.7. The maximum atomic E-state index is 13.6. The molecule has 0 fully saturated rings. The molecule has 64 heavy (non-hydrogen) atoms. The van der Waals surface area contributed by atoms with Crippen molar-refractivity contribution in [3.05, 3.63) is 0 Å². The first-order chi connectivity index (χ1) is 31.0. The van der Waals surface area contributed by atoms with Gasteiger partial charge in [-0.2, -0.15) is 0 Å². The van der Waals surface area contributed by atoms with Gasteiger partial charge in [-0.3, -0.25) is 19.2 Å². The molecule has 0 bridgehead atoms. The molecule has 0 spiro atoms. The lowest BCUT2D eigenvalue weighted by Crippen LogP contribution is -2.59. The number of aliphatic hydroxyl groups is 1. The summed E-state index contributed by atoms with van der Waals surface area (Å²) in [6.45, 7) is 7.11. The van der Waals surface area contributed by atoms with Crippen LogP contribution in [0.15, 0.2) is 0 Å². The summed E-state index contributed by atoms with van der Waals surface area (Å²) in [5, 5.41) is 12.5. The number of hydrogen-bond acceptors (Lipinski definition) is 8. The van der Waals surface area contributed by atoms with Crippen molar-refractivity contribution >= 4 is 23.8 Å². The Morgan fingerprint density at radius 3 is 0.922 bits per heavy atom. The summed E-state index contributed by atoms with van der Waals surface area (Å²) >= 11 is 0. The third-order valence-electron chi connectivity index (χ3n) is 12.7. The first-order valence-corrected chi connectivity index (χ1v) is 27.2. The number of nitrogens with zero attached hydrogens (tertiary/aromatic N) is 1. The zero-order valence-corrected chi connectivity index (χ0v) is 42.9. The van der Waals surface area contributed by atoms with Gasteiger partial charge in [0.25, 0.3) is 0 Å². The monoisotopic (exact) mass is 910 g/mol. The Kier molecular flexibility index (Phi) is 43.1. The second-order valence-electron chi connectivity index (χ2n) is 19.9. The first-order valence-electron chi connectivity index (χ1n) is 27.2. The summed E-state index contributed by atoms with van der Waals surface area (Å²) in [5.41, 5.74) is -1.38. The standard InChI is InChI=1S/C54H104N2O8/c1-6-9-12-15-18-21-27-32-37-42-51(59)62-46-54(47-63-52(60)43-38-33-28-22-19-16-13-10-7-2,48-64-53(61)44-39-34-29-23-20-17-14-11-8-3)55-50(58)41-36-31-26-24-25-30-35-40-45-56(4,5)49-57/h57H,6-49H2,1-5H3/p+1.